The minimum absolute atomic E-state index is 0.299. The first-order chi connectivity index (χ1) is 17.2. The summed E-state index contributed by atoms with van der Waals surface area (Å²) < 4.78 is 3.87. The van der Waals surface area contributed by atoms with Crippen molar-refractivity contribution in [1.29, 1.82) is 0 Å². The summed E-state index contributed by atoms with van der Waals surface area (Å²) in [5.74, 6) is 0.530. The molecule has 0 unspecified atom stereocenters. The molecule has 5 nitrogen and oxygen atoms in total. The molecule has 168 valence electrons. The zero-order chi connectivity index (χ0) is 23.8. The van der Waals surface area contributed by atoms with Crippen molar-refractivity contribution in [2.75, 3.05) is 0 Å². The van der Waals surface area contributed by atoms with Crippen molar-refractivity contribution >= 4 is 22.8 Å². The van der Waals surface area contributed by atoms with Gasteiger partial charge in [0.15, 0.2) is 11.2 Å². The highest BCUT2D eigenvalue weighted by Gasteiger charge is 2.19. The van der Waals surface area contributed by atoms with Crippen molar-refractivity contribution in [3.63, 3.8) is 0 Å². The second kappa shape index (κ2) is 8.70. The largest absolute Gasteiger partial charge is 0.301 e. The molecular formula is C29H19ClN4O. The average Bonchev–Trinajstić information content (AvgIpc) is 3.36. The SMILES string of the molecule is O=c1nc(-c2ccc(-c3ccccc3)cc2)n(-c2ccc(Cl)cc2)c2c1ncn2-c1ccccc1. The summed E-state index contributed by atoms with van der Waals surface area (Å²) in [6.45, 7) is 0. The fourth-order valence-corrected chi connectivity index (χ4v) is 4.38. The average molecular weight is 475 g/mol. The van der Waals surface area contributed by atoms with Gasteiger partial charge < -0.3 is 0 Å². The van der Waals surface area contributed by atoms with Crippen molar-refractivity contribution in [2.45, 2.75) is 0 Å². The summed E-state index contributed by atoms with van der Waals surface area (Å²) in [6, 6.07) is 35.5. The molecule has 0 aliphatic heterocycles. The van der Waals surface area contributed by atoms with Gasteiger partial charge in [-0.05, 0) is 47.5 Å². The molecule has 0 amide bonds. The van der Waals surface area contributed by atoms with Crippen LogP contribution in [0, 0.1) is 0 Å². The highest BCUT2D eigenvalue weighted by Crippen LogP contribution is 2.29. The lowest BCUT2D eigenvalue weighted by Gasteiger charge is -2.17. The molecule has 0 spiro atoms. The van der Waals surface area contributed by atoms with Gasteiger partial charge in [0, 0.05) is 22.0 Å². The van der Waals surface area contributed by atoms with Crippen LogP contribution < -0.4 is 5.56 Å². The molecular weight excluding hydrogens is 456 g/mol. The van der Waals surface area contributed by atoms with Crippen LogP contribution >= 0.6 is 11.6 Å². The second-order valence-corrected chi connectivity index (χ2v) is 8.55. The lowest BCUT2D eigenvalue weighted by Crippen LogP contribution is -2.17. The standard InChI is InChI=1S/C29H19ClN4O/c30-23-15-17-25(18-16-23)34-27(22-13-11-21(12-14-22)20-7-3-1-4-8-20)32-28(35)26-29(34)33(19-31-26)24-9-5-2-6-10-24/h1-19H. The summed E-state index contributed by atoms with van der Waals surface area (Å²) in [7, 11) is 0. The minimum atomic E-state index is -0.373. The number of halogens is 1. The fraction of sp³-hybridized carbons (Fsp3) is 0. The zero-order valence-corrected chi connectivity index (χ0v) is 19.3. The van der Waals surface area contributed by atoms with E-state index in [0.717, 1.165) is 28.1 Å². The van der Waals surface area contributed by atoms with Crippen LogP contribution in [0.15, 0.2) is 120 Å². The second-order valence-electron chi connectivity index (χ2n) is 8.12. The van der Waals surface area contributed by atoms with Crippen molar-refractivity contribution < 1.29 is 0 Å². The molecule has 0 fully saturated rings. The summed E-state index contributed by atoms with van der Waals surface area (Å²) in [5, 5.41) is 0.629. The van der Waals surface area contributed by atoms with Gasteiger partial charge in [0.25, 0.3) is 0 Å². The first-order valence-corrected chi connectivity index (χ1v) is 11.5. The number of imidazole rings is 1. The van der Waals surface area contributed by atoms with E-state index in [1.54, 1.807) is 6.33 Å². The fourth-order valence-electron chi connectivity index (χ4n) is 4.25. The van der Waals surface area contributed by atoms with Gasteiger partial charge in [0.05, 0.1) is 0 Å². The van der Waals surface area contributed by atoms with Crippen LogP contribution in [0.25, 0.3) is 45.1 Å². The minimum Gasteiger partial charge on any atom is -0.284 e. The summed E-state index contributed by atoms with van der Waals surface area (Å²) >= 11 is 6.19. The van der Waals surface area contributed by atoms with Crippen molar-refractivity contribution in [3.05, 3.63) is 131 Å². The van der Waals surface area contributed by atoms with Crippen LogP contribution in [0.3, 0.4) is 0 Å². The van der Waals surface area contributed by atoms with Crippen LogP contribution in [-0.4, -0.2) is 19.1 Å². The number of rotatable bonds is 4. The third kappa shape index (κ3) is 3.82. The highest BCUT2D eigenvalue weighted by molar-refractivity contribution is 6.30. The lowest BCUT2D eigenvalue weighted by molar-refractivity contribution is 0.970. The first kappa shape index (κ1) is 21.1. The maximum Gasteiger partial charge on any atom is 0.301 e. The molecule has 4 aromatic carbocycles. The van der Waals surface area contributed by atoms with Gasteiger partial charge in [-0.25, -0.2) is 4.98 Å². The van der Waals surface area contributed by atoms with E-state index in [4.69, 9.17) is 11.6 Å². The molecule has 6 aromatic rings. The molecule has 35 heavy (non-hydrogen) atoms. The third-order valence-corrected chi connectivity index (χ3v) is 6.20. The molecule has 6 heteroatoms. The predicted octanol–water partition coefficient (Wildman–Crippen LogP) is 6.56. The quantitative estimate of drug-likeness (QED) is 0.291. The summed E-state index contributed by atoms with van der Waals surface area (Å²) in [6.07, 6.45) is 1.66. The highest BCUT2D eigenvalue weighted by atomic mass is 35.5. The maximum atomic E-state index is 13.1. The van der Waals surface area contributed by atoms with E-state index in [-0.39, 0.29) is 5.56 Å². The lowest BCUT2D eigenvalue weighted by atomic mass is 10.0. The molecule has 2 heterocycles. The van der Waals surface area contributed by atoms with Crippen LogP contribution in [-0.2, 0) is 0 Å². The van der Waals surface area contributed by atoms with E-state index in [0.29, 0.717) is 22.0 Å². The molecule has 0 saturated heterocycles. The van der Waals surface area contributed by atoms with Gasteiger partial charge in [-0.15, -0.1) is 0 Å². The molecule has 6 rings (SSSR count). The van der Waals surface area contributed by atoms with Gasteiger partial charge >= 0.3 is 5.56 Å². The molecule has 0 atom stereocenters. The Morgan fingerprint density at radius 3 is 1.91 bits per heavy atom. The van der Waals surface area contributed by atoms with E-state index in [1.165, 1.54) is 0 Å². The Kier molecular flexibility index (Phi) is 5.24. The first-order valence-electron chi connectivity index (χ1n) is 11.2. The van der Waals surface area contributed by atoms with Crippen molar-refractivity contribution in [2.24, 2.45) is 0 Å². The number of hydrogen-bond acceptors (Lipinski definition) is 3. The van der Waals surface area contributed by atoms with Crippen LogP contribution in [0.2, 0.25) is 5.02 Å². The summed E-state index contributed by atoms with van der Waals surface area (Å²) in [4.78, 5) is 22.0. The Labute approximate surface area is 206 Å². The van der Waals surface area contributed by atoms with E-state index in [9.17, 15) is 4.79 Å². The van der Waals surface area contributed by atoms with Crippen molar-refractivity contribution in [3.8, 4) is 33.9 Å². The predicted molar refractivity (Wildman–Crippen MR) is 140 cm³/mol. The Bertz CT molecular complexity index is 1690. The third-order valence-electron chi connectivity index (χ3n) is 5.95. The number of nitrogens with zero attached hydrogens (tertiary/aromatic N) is 4. The number of hydrogen-bond donors (Lipinski definition) is 0. The van der Waals surface area contributed by atoms with Crippen molar-refractivity contribution in [1.82, 2.24) is 19.1 Å². The maximum absolute atomic E-state index is 13.1. The molecule has 0 aliphatic carbocycles. The number of para-hydroxylation sites is 1. The Balaban J connectivity index is 1.63. The number of aromatic nitrogens is 4. The van der Waals surface area contributed by atoms with Crippen LogP contribution in [0.4, 0.5) is 0 Å². The van der Waals surface area contributed by atoms with E-state index in [2.05, 4.69) is 22.1 Å². The molecule has 0 saturated carbocycles. The Morgan fingerprint density at radius 2 is 1.23 bits per heavy atom. The van der Waals surface area contributed by atoms with E-state index < -0.39 is 0 Å². The zero-order valence-electron chi connectivity index (χ0n) is 18.5. The molecule has 0 aliphatic rings. The van der Waals surface area contributed by atoms with Gasteiger partial charge in [0.1, 0.15) is 12.2 Å². The van der Waals surface area contributed by atoms with E-state index in [1.807, 2.05) is 106 Å². The van der Waals surface area contributed by atoms with Crippen LogP contribution in [0.5, 0.6) is 0 Å². The van der Waals surface area contributed by atoms with Gasteiger partial charge in [-0.1, -0.05) is 84.4 Å². The number of fused-ring (bicyclic) bond motifs is 1. The topological polar surface area (TPSA) is 52.7 Å². The molecule has 0 radical (unpaired) electrons. The smallest absolute Gasteiger partial charge is 0.284 e. The van der Waals surface area contributed by atoms with Gasteiger partial charge in [-0.3, -0.25) is 13.9 Å². The Hall–Kier alpha value is -4.48. The summed E-state index contributed by atoms with van der Waals surface area (Å²) in [5.41, 5.74) is 5.32. The van der Waals surface area contributed by atoms with Gasteiger partial charge in [-0.2, -0.15) is 4.98 Å². The normalized spacial score (nSPS) is 11.1. The number of benzene rings is 4. The van der Waals surface area contributed by atoms with E-state index >= 15 is 0 Å². The molecule has 2 aromatic heterocycles. The molecule has 0 bridgehead atoms. The molecule has 0 N–H and O–H groups in total. The monoisotopic (exact) mass is 474 g/mol. The van der Waals surface area contributed by atoms with Gasteiger partial charge in [0.2, 0.25) is 0 Å². The Morgan fingerprint density at radius 1 is 0.629 bits per heavy atom. The van der Waals surface area contributed by atoms with Crippen LogP contribution in [0.1, 0.15) is 0 Å².